The van der Waals surface area contributed by atoms with Gasteiger partial charge in [0.05, 0.1) is 13.0 Å². The minimum Gasteiger partial charge on any atom is -0.464 e. The molecule has 6 heteroatoms. The lowest BCUT2D eigenvalue weighted by atomic mass is 9.79. The smallest absolute Gasteiger partial charge is 0.338 e. The zero-order chi connectivity index (χ0) is 27.6. The maximum Gasteiger partial charge on any atom is 0.338 e. The van der Waals surface area contributed by atoms with Crippen LogP contribution in [0.1, 0.15) is 62.8 Å². The summed E-state index contributed by atoms with van der Waals surface area (Å²) < 4.78 is 11.1. The molecule has 3 rings (SSSR count). The molecule has 1 unspecified atom stereocenters. The molecule has 0 aliphatic carbocycles. The first kappa shape index (κ1) is 28.8. The summed E-state index contributed by atoms with van der Waals surface area (Å²) in [7, 11) is 0. The third-order valence-corrected chi connectivity index (χ3v) is 6.36. The van der Waals surface area contributed by atoms with Gasteiger partial charge in [0.2, 0.25) is 0 Å². The average molecular weight is 517 g/mol. The molecular weight excluding hydrogens is 480 g/mol. The number of hydrogen-bond acceptors (Lipinski definition) is 6. The Labute approximate surface area is 224 Å². The van der Waals surface area contributed by atoms with Crippen molar-refractivity contribution >= 4 is 11.9 Å². The van der Waals surface area contributed by atoms with E-state index in [1.165, 1.54) is 0 Å². The molecule has 2 N–H and O–H groups in total. The molecule has 0 radical (unpaired) electrons. The first-order valence-electron chi connectivity index (χ1n) is 12.8. The van der Waals surface area contributed by atoms with Gasteiger partial charge in [-0.05, 0) is 50.3 Å². The fraction of sp³-hybridized carbons (Fsp3) is 0.312. The molecule has 200 valence electrons. The summed E-state index contributed by atoms with van der Waals surface area (Å²) >= 11 is 0. The summed E-state index contributed by atoms with van der Waals surface area (Å²) in [5.74, 6) is -1.71. The van der Waals surface area contributed by atoms with Crippen LogP contribution in [0.5, 0.6) is 0 Å². The molecule has 0 fully saturated rings. The standard InChI is InChI=1S/C32H36O6/c1-4-37-30(34)31(35,22-14-15-24(2)3)23-28(33)38-29(25-16-8-5-9-17-25)32(36,26-18-10-6-11-19-26)27-20-12-7-13-21-27/h5-13,15-21,29,35-36H,4,14,22-23H2,1-3H3/t29-,31?/m1/s1. The molecule has 0 aliphatic heterocycles. The van der Waals surface area contributed by atoms with E-state index in [0.29, 0.717) is 23.1 Å². The van der Waals surface area contributed by atoms with E-state index >= 15 is 0 Å². The highest BCUT2D eigenvalue weighted by Gasteiger charge is 2.46. The van der Waals surface area contributed by atoms with Gasteiger partial charge in [-0.25, -0.2) is 4.79 Å². The quantitative estimate of drug-likeness (QED) is 0.239. The molecular formula is C32H36O6. The Bertz CT molecular complexity index is 1160. The summed E-state index contributed by atoms with van der Waals surface area (Å²) in [5.41, 5.74) is -1.20. The average Bonchev–Trinajstić information content (AvgIpc) is 2.92. The van der Waals surface area contributed by atoms with E-state index in [0.717, 1.165) is 5.57 Å². The largest absolute Gasteiger partial charge is 0.464 e. The number of rotatable bonds is 12. The van der Waals surface area contributed by atoms with Crippen LogP contribution in [0.3, 0.4) is 0 Å². The summed E-state index contributed by atoms with van der Waals surface area (Å²) in [6.45, 7) is 5.53. The van der Waals surface area contributed by atoms with E-state index in [1.54, 1.807) is 79.7 Å². The number of allylic oxidation sites excluding steroid dienone is 2. The second kappa shape index (κ2) is 13.2. The van der Waals surface area contributed by atoms with Crippen molar-refractivity contribution in [2.24, 2.45) is 0 Å². The Morgan fingerprint density at radius 1 is 0.842 bits per heavy atom. The van der Waals surface area contributed by atoms with Crippen LogP contribution in [0.25, 0.3) is 0 Å². The predicted molar refractivity (Wildman–Crippen MR) is 146 cm³/mol. The van der Waals surface area contributed by atoms with Gasteiger partial charge in [0.15, 0.2) is 17.3 Å². The molecule has 0 bridgehead atoms. The molecule has 0 heterocycles. The van der Waals surface area contributed by atoms with Crippen molar-refractivity contribution in [2.75, 3.05) is 6.61 Å². The fourth-order valence-corrected chi connectivity index (χ4v) is 4.42. The van der Waals surface area contributed by atoms with Gasteiger partial charge in [-0.3, -0.25) is 4.79 Å². The van der Waals surface area contributed by atoms with Crippen LogP contribution in [0, 0.1) is 0 Å². The summed E-state index contributed by atoms with van der Waals surface area (Å²) in [4.78, 5) is 26.2. The second-order valence-electron chi connectivity index (χ2n) is 9.53. The topological polar surface area (TPSA) is 93.1 Å². The van der Waals surface area contributed by atoms with Crippen LogP contribution in [0.2, 0.25) is 0 Å². The Balaban J connectivity index is 2.03. The second-order valence-corrected chi connectivity index (χ2v) is 9.53. The molecule has 3 aromatic carbocycles. The van der Waals surface area contributed by atoms with E-state index in [9.17, 15) is 19.8 Å². The first-order chi connectivity index (χ1) is 18.2. The van der Waals surface area contributed by atoms with Gasteiger partial charge in [-0.15, -0.1) is 0 Å². The highest BCUT2D eigenvalue weighted by molar-refractivity contribution is 5.85. The van der Waals surface area contributed by atoms with Crippen molar-refractivity contribution < 1.29 is 29.3 Å². The normalized spacial score (nSPS) is 13.6. The monoisotopic (exact) mass is 516 g/mol. The van der Waals surface area contributed by atoms with Crippen LogP contribution in [0.15, 0.2) is 103 Å². The lowest BCUT2D eigenvalue weighted by Crippen LogP contribution is -2.44. The van der Waals surface area contributed by atoms with Crippen molar-refractivity contribution in [3.8, 4) is 0 Å². The summed E-state index contributed by atoms with van der Waals surface area (Å²) in [6.07, 6.45) is 0.455. The lowest BCUT2D eigenvalue weighted by Gasteiger charge is -2.37. The highest BCUT2D eigenvalue weighted by atomic mass is 16.6. The Morgan fingerprint density at radius 2 is 1.34 bits per heavy atom. The van der Waals surface area contributed by atoms with Crippen molar-refractivity contribution in [2.45, 2.75) is 57.3 Å². The molecule has 0 saturated carbocycles. The van der Waals surface area contributed by atoms with Crippen molar-refractivity contribution in [1.29, 1.82) is 0 Å². The first-order valence-corrected chi connectivity index (χ1v) is 12.8. The Hall–Kier alpha value is -3.74. The molecule has 0 aromatic heterocycles. The minimum atomic E-state index is -2.07. The fourth-order valence-electron chi connectivity index (χ4n) is 4.42. The molecule has 38 heavy (non-hydrogen) atoms. The zero-order valence-corrected chi connectivity index (χ0v) is 22.2. The van der Waals surface area contributed by atoms with Gasteiger partial charge in [-0.1, -0.05) is 103 Å². The Kier molecular flexibility index (Phi) is 9.99. The van der Waals surface area contributed by atoms with Gasteiger partial charge in [0.25, 0.3) is 0 Å². The lowest BCUT2D eigenvalue weighted by molar-refractivity contribution is -0.180. The van der Waals surface area contributed by atoms with Crippen LogP contribution < -0.4 is 0 Å². The van der Waals surface area contributed by atoms with E-state index in [2.05, 4.69) is 0 Å². The maximum atomic E-state index is 13.4. The molecule has 6 nitrogen and oxygen atoms in total. The maximum absolute atomic E-state index is 13.4. The number of hydrogen-bond donors (Lipinski definition) is 2. The Morgan fingerprint density at radius 3 is 1.82 bits per heavy atom. The third kappa shape index (κ3) is 6.97. The van der Waals surface area contributed by atoms with Crippen LogP contribution in [-0.2, 0) is 24.7 Å². The van der Waals surface area contributed by atoms with E-state index in [4.69, 9.17) is 9.47 Å². The number of ether oxygens (including phenoxy) is 2. The highest BCUT2D eigenvalue weighted by Crippen LogP contribution is 2.43. The van der Waals surface area contributed by atoms with E-state index < -0.39 is 35.7 Å². The van der Waals surface area contributed by atoms with Gasteiger partial charge >= 0.3 is 11.9 Å². The SMILES string of the molecule is CCOC(=O)C(O)(CCC=C(C)C)CC(=O)O[C@H](c1ccccc1)C(O)(c1ccccc1)c1ccccc1. The molecule has 3 aromatic rings. The van der Waals surface area contributed by atoms with Gasteiger partial charge in [0.1, 0.15) is 0 Å². The molecule has 0 spiro atoms. The summed E-state index contributed by atoms with van der Waals surface area (Å²) in [5, 5.41) is 23.6. The molecule has 2 atom stereocenters. The molecule has 0 aliphatic rings. The molecule has 0 amide bonds. The predicted octanol–water partition coefficient (Wildman–Crippen LogP) is 5.64. The number of benzene rings is 3. The van der Waals surface area contributed by atoms with Gasteiger partial charge in [-0.2, -0.15) is 0 Å². The van der Waals surface area contributed by atoms with E-state index in [-0.39, 0.29) is 13.0 Å². The van der Waals surface area contributed by atoms with Crippen LogP contribution >= 0.6 is 0 Å². The number of aliphatic hydroxyl groups is 2. The number of esters is 2. The van der Waals surface area contributed by atoms with Crippen molar-refractivity contribution in [3.63, 3.8) is 0 Å². The molecule has 0 saturated heterocycles. The van der Waals surface area contributed by atoms with Gasteiger partial charge in [0, 0.05) is 0 Å². The third-order valence-electron chi connectivity index (χ3n) is 6.36. The van der Waals surface area contributed by atoms with Gasteiger partial charge < -0.3 is 19.7 Å². The minimum absolute atomic E-state index is 0.0102. The zero-order valence-electron chi connectivity index (χ0n) is 22.2. The van der Waals surface area contributed by atoms with Crippen molar-refractivity contribution in [3.05, 3.63) is 119 Å². The van der Waals surface area contributed by atoms with Crippen LogP contribution in [0.4, 0.5) is 0 Å². The number of carbonyl (C=O) groups is 2. The van der Waals surface area contributed by atoms with E-state index in [1.807, 2.05) is 38.1 Å². The van der Waals surface area contributed by atoms with Crippen molar-refractivity contribution in [1.82, 2.24) is 0 Å². The number of carbonyl (C=O) groups excluding carboxylic acids is 2. The van der Waals surface area contributed by atoms with Crippen LogP contribution in [-0.4, -0.2) is 34.4 Å². The summed E-state index contributed by atoms with van der Waals surface area (Å²) in [6, 6.07) is 26.9.